The number of carbonyl (C=O) groups excluding carboxylic acids is 1. The maximum Gasteiger partial charge on any atom is 0.307 e. The van der Waals surface area contributed by atoms with Crippen molar-refractivity contribution in [2.45, 2.75) is 58.5 Å². The Morgan fingerprint density at radius 1 is 1.60 bits per heavy atom. The highest BCUT2D eigenvalue weighted by Crippen LogP contribution is 2.37. The molecule has 0 saturated heterocycles. The first-order valence-corrected chi connectivity index (χ1v) is 5.78. The molecule has 0 heterocycles. The van der Waals surface area contributed by atoms with Gasteiger partial charge in [-0.05, 0) is 25.2 Å². The molecule has 3 nitrogen and oxygen atoms in total. The third kappa shape index (κ3) is 3.49. The van der Waals surface area contributed by atoms with Crippen LogP contribution in [-0.4, -0.2) is 25.2 Å². The Morgan fingerprint density at radius 2 is 2.27 bits per heavy atom. The van der Waals surface area contributed by atoms with Crippen LogP contribution in [0.25, 0.3) is 0 Å². The zero-order valence-electron chi connectivity index (χ0n) is 10.3. The number of hydrogen-bond acceptors (Lipinski definition) is 3. The van der Waals surface area contributed by atoms with Crippen molar-refractivity contribution in [3.8, 4) is 0 Å². The van der Waals surface area contributed by atoms with Crippen LogP contribution in [-0.2, 0) is 9.53 Å². The number of hydrogen-bond donors (Lipinski definition) is 1. The Morgan fingerprint density at radius 3 is 2.73 bits per heavy atom. The van der Waals surface area contributed by atoms with Crippen molar-refractivity contribution < 1.29 is 9.53 Å². The molecule has 1 N–H and O–H groups in total. The van der Waals surface area contributed by atoms with Crippen LogP contribution in [0.4, 0.5) is 0 Å². The zero-order chi connectivity index (χ0) is 11.5. The maximum absolute atomic E-state index is 11.1. The number of esters is 1. The Labute approximate surface area is 92.6 Å². The van der Waals surface area contributed by atoms with E-state index in [4.69, 9.17) is 0 Å². The SMILES string of the molecule is COC(=O)CC(C)NC1CCCC1(C)C. The van der Waals surface area contributed by atoms with Crippen molar-refractivity contribution in [3.05, 3.63) is 0 Å². The lowest BCUT2D eigenvalue weighted by Gasteiger charge is -2.30. The van der Waals surface area contributed by atoms with Gasteiger partial charge in [0.2, 0.25) is 0 Å². The van der Waals surface area contributed by atoms with Crippen LogP contribution in [0, 0.1) is 5.41 Å². The molecule has 0 spiro atoms. The van der Waals surface area contributed by atoms with Gasteiger partial charge in [-0.3, -0.25) is 4.79 Å². The Balaban J connectivity index is 2.37. The van der Waals surface area contributed by atoms with E-state index in [1.54, 1.807) is 0 Å². The van der Waals surface area contributed by atoms with Crippen LogP contribution in [0.3, 0.4) is 0 Å². The molecule has 1 saturated carbocycles. The van der Waals surface area contributed by atoms with Gasteiger partial charge in [-0.25, -0.2) is 0 Å². The van der Waals surface area contributed by atoms with Crippen LogP contribution in [0.1, 0.15) is 46.5 Å². The minimum absolute atomic E-state index is 0.134. The van der Waals surface area contributed by atoms with Gasteiger partial charge in [-0.1, -0.05) is 20.3 Å². The van der Waals surface area contributed by atoms with E-state index in [2.05, 4.69) is 23.9 Å². The zero-order valence-corrected chi connectivity index (χ0v) is 10.3. The summed E-state index contributed by atoms with van der Waals surface area (Å²) in [6, 6.07) is 0.747. The standard InChI is InChI=1S/C12H23NO2/c1-9(8-11(14)15-4)13-10-6-5-7-12(10,2)3/h9-10,13H,5-8H2,1-4H3. The highest BCUT2D eigenvalue weighted by atomic mass is 16.5. The highest BCUT2D eigenvalue weighted by molar-refractivity contribution is 5.69. The van der Waals surface area contributed by atoms with Gasteiger partial charge >= 0.3 is 5.97 Å². The Bertz CT molecular complexity index is 226. The Hall–Kier alpha value is -0.570. The van der Waals surface area contributed by atoms with E-state index in [1.165, 1.54) is 26.4 Å². The molecular formula is C12H23NO2. The monoisotopic (exact) mass is 213 g/mol. The second-order valence-corrected chi connectivity index (χ2v) is 5.28. The second-order valence-electron chi connectivity index (χ2n) is 5.28. The smallest absolute Gasteiger partial charge is 0.307 e. The highest BCUT2D eigenvalue weighted by Gasteiger charge is 2.34. The number of ether oxygens (including phenoxy) is 1. The molecule has 1 fully saturated rings. The molecule has 0 aromatic rings. The third-order valence-electron chi connectivity index (χ3n) is 3.44. The number of methoxy groups -OCH3 is 1. The molecule has 1 rings (SSSR count). The fourth-order valence-corrected chi connectivity index (χ4v) is 2.37. The molecule has 0 aliphatic heterocycles. The lowest BCUT2D eigenvalue weighted by molar-refractivity contribution is -0.141. The molecule has 3 heteroatoms. The van der Waals surface area contributed by atoms with E-state index < -0.39 is 0 Å². The van der Waals surface area contributed by atoms with Gasteiger partial charge in [-0.15, -0.1) is 0 Å². The van der Waals surface area contributed by atoms with Crippen LogP contribution in [0.2, 0.25) is 0 Å². The van der Waals surface area contributed by atoms with Crippen molar-refractivity contribution in [1.82, 2.24) is 5.32 Å². The summed E-state index contributed by atoms with van der Waals surface area (Å²) in [6.07, 6.45) is 4.24. The summed E-state index contributed by atoms with van der Waals surface area (Å²) in [5.41, 5.74) is 0.365. The summed E-state index contributed by atoms with van der Waals surface area (Å²) >= 11 is 0. The van der Waals surface area contributed by atoms with Gasteiger partial charge in [0.1, 0.15) is 0 Å². The molecule has 2 unspecified atom stereocenters. The van der Waals surface area contributed by atoms with Gasteiger partial charge in [0, 0.05) is 12.1 Å². The van der Waals surface area contributed by atoms with Crippen LogP contribution in [0.15, 0.2) is 0 Å². The predicted octanol–water partition coefficient (Wildman–Crippen LogP) is 2.11. The molecule has 0 aromatic heterocycles. The largest absolute Gasteiger partial charge is 0.469 e. The molecule has 15 heavy (non-hydrogen) atoms. The second kappa shape index (κ2) is 4.97. The maximum atomic E-state index is 11.1. The van der Waals surface area contributed by atoms with Crippen LogP contribution in [0.5, 0.6) is 0 Å². The average molecular weight is 213 g/mol. The number of carbonyl (C=O) groups is 1. The summed E-state index contributed by atoms with van der Waals surface area (Å²) in [5, 5.41) is 3.53. The lowest BCUT2D eigenvalue weighted by Crippen LogP contribution is -2.43. The molecule has 88 valence electrons. The van der Waals surface area contributed by atoms with E-state index in [1.807, 2.05) is 6.92 Å². The van der Waals surface area contributed by atoms with Gasteiger partial charge < -0.3 is 10.1 Å². The van der Waals surface area contributed by atoms with Crippen molar-refractivity contribution in [3.63, 3.8) is 0 Å². The first kappa shape index (κ1) is 12.5. The summed E-state index contributed by atoms with van der Waals surface area (Å²) in [6.45, 7) is 6.64. The molecular weight excluding hydrogens is 190 g/mol. The fraction of sp³-hybridized carbons (Fsp3) is 0.917. The van der Waals surface area contributed by atoms with E-state index in [0.717, 1.165) is 0 Å². The van der Waals surface area contributed by atoms with Gasteiger partial charge in [0.15, 0.2) is 0 Å². The average Bonchev–Trinajstić information content (AvgIpc) is 2.45. The van der Waals surface area contributed by atoms with E-state index in [9.17, 15) is 4.79 Å². The molecule has 1 aliphatic carbocycles. The van der Waals surface area contributed by atoms with Gasteiger partial charge in [0.05, 0.1) is 13.5 Å². The third-order valence-corrected chi connectivity index (χ3v) is 3.44. The number of rotatable bonds is 4. The van der Waals surface area contributed by atoms with E-state index in [-0.39, 0.29) is 12.0 Å². The minimum atomic E-state index is -0.134. The van der Waals surface area contributed by atoms with Gasteiger partial charge in [0.25, 0.3) is 0 Å². The molecule has 0 bridgehead atoms. The molecule has 0 aromatic carbocycles. The molecule has 1 aliphatic rings. The molecule has 0 amide bonds. The summed E-state index contributed by atoms with van der Waals surface area (Å²) in [5.74, 6) is -0.134. The Kier molecular flexibility index (Phi) is 4.14. The first-order valence-electron chi connectivity index (χ1n) is 5.78. The summed E-state index contributed by atoms with van der Waals surface area (Å²) in [4.78, 5) is 11.1. The summed E-state index contributed by atoms with van der Waals surface area (Å²) < 4.78 is 4.66. The summed E-state index contributed by atoms with van der Waals surface area (Å²) in [7, 11) is 1.44. The number of nitrogens with one attached hydrogen (secondary N) is 1. The van der Waals surface area contributed by atoms with E-state index in [0.29, 0.717) is 17.9 Å². The quantitative estimate of drug-likeness (QED) is 0.727. The van der Waals surface area contributed by atoms with Crippen molar-refractivity contribution in [2.24, 2.45) is 5.41 Å². The predicted molar refractivity (Wildman–Crippen MR) is 60.7 cm³/mol. The topological polar surface area (TPSA) is 38.3 Å². The van der Waals surface area contributed by atoms with E-state index >= 15 is 0 Å². The van der Waals surface area contributed by atoms with Crippen molar-refractivity contribution >= 4 is 5.97 Å². The van der Waals surface area contributed by atoms with Crippen molar-refractivity contribution in [2.75, 3.05) is 7.11 Å². The van der Waals surface area contributed by atoms with Crippen LogP contribution < -0.4 is 5.32 Å². The minimum Gasteiger partial charge on any atom is -0.469 e. The normalized spacial score (nSPS) is 26.3. The molecule has 2 atom stereocenters. The fourth-order valence-electron chi connectivity index (χ4n) is 2.37. The molecule has 0 radical (unpaired) electrons. The lowest BCUT2D eigenvalue weighted by atomic mass is 9.87. The van der Waals surface area contributed by atoms with Crippen molar-refractivity contribution in [1.29, 1.82) is 0 Å². The first-order chi connectivity index (χ1) is 6.95. The van der Waals surface area contributed by atoms with Crippen LogP contribution >= 0.6 is 0 Å². The van der Waals surface area contributed by atoms with Gasteiger partial charge in [-0.2, -0.15) is 0 Å².